The average Bonchev–Trinajstić information content (AvgIpc) is 2.29. The van der Waals surface area contributed by atoms with E-state index in [2.05, 4.69) is 0 Å². The predicted octanol–water partition coefficient (Wildman–Crippen LogP) is 3.05. The van der Waals surface area contributed by atoms with Crippen molar-refractivity contribution in [3.05, 3.63) is 46.5 Å². The van der Waals surface area contributed by atoms with Crippen molar-refractivity contribution in [2.75, 3.05) is 0 Å². The summed E-state index contributed by atoms with van der Waals surface area (Å²) in [4.78, 5) is 11.6. The van der Waals surface area contributed by atoms with Crippen LogP contribution >= 0.6 is 11.6 Å². The van der Waals surface area contributed by atoms with Gasteiger partial charge in [0.25, 0.3) is 0 Å². The van der Waals surface area contributed by atoms with Crippen LogP contribution in [0.3, 0.4) is 0 Å². The first kappa shape index (κ1) is 11.4. The van der Waals surface area contributed by atoms with Gasteiger partial charge in [0.15, 0.2) is 5.78 Å². The maximum absolute atomic E-state index is 11.6. The zero-order chi connectivity index (χ0) is 11.5. The average molecular weight is 237 g/mol. The van der Waals surface area contributed by atoms with Crippen LogP contribution in [0.25, 0.3) is 0 Å². The third-order valence-electron chi connectivity index (χ3n) is 2.75. The molecule has 1 aliphatic rings. The van der Waals surface area contributed by atoms with Gasteiger partial charge in [-0.15, -0.1) is 0 Å². The first-order valence-electron chi connectivity index (χ1n) is 5.35. The highest BCUT2D eigenvalue weighted by Crippen LogP contribution is 2.28. The lowest BCUT2D eigenvalue weighted by Gasteiger charge is -2.17. The van der Waals surface area contributed by atoms with E-state index >= 15 is 0 Å². The van der Waals surface area contributed by atoms with E-state index in [0.29, 0.717) is 22.6 Å². The molecule has 1 aromatic rings. The Morgan fingerprint density at radius 2 is 2.19 bits per heavy atom. The molecule has 1 N–H and O–H groups in total. The van der Waals surface area contributed by atoms with Crippen LogP contribution in [0.15, 0.2) is 35.9 Å². The molecule has 2 nitrogen and oxygen atoms in total. The molecule has 0 aliphatic heterocycles. The second-order valence-corrected chi connectivity index (χ2v) is 4.37. The first-order valence-corrected chi connectivity index (χ1v) is 5.73. The Kier molecular flexibility index (Phi) is 3.42. The van der Waals surface area contributed by atoms with Gasteiger partial charge in [-0.05, 0) is 30.5 Å². The fraction of sp³-hybridized carbons (Fsp3) is 0.308. The van der Waals surface area contributed by atoms with Gasteiger partial charge in [-0.3, -0.25) is 4.79 Å². The lowest BCUT2D eigenvalue weighted by Crippen LogP contribution is -2.14. The minimum atomic E-state index is -0.841. The second kappa shape index (κ2) is 4.81. The monoisotopic (exact) mass is 236 g/mol. The summed E-state index contributed by atoms with van der Waals surface area (Å²) in [6.45, 7) is 0. The largest absolute Gasteiger partial charge is 0.384 e. The summed E-state index contributed by atoms with van der Waals surface area (Å²) < 4.78 is 0. The van der Waals surface area contributed by atoms with Gasteiger partial charge in [0, 0.05) is 17.0 Å². The molecular formula is C13H13ClO2. The number of hydrogen-bond acceptors (Lipinski definition) is 2. The number of carbonyl (C=O) groups is 1. The number of allylic oxidation sites excluding steroid dienone is 1. The molecule has 1 aromatic carbocycles. The highest BCUT2D eigenvalue weighted by molar-refractivity contribution is 6.30. The molecular weight excluding hydrogens is 224 g/mol. The molecule has 1 atom stereocenters. The minimum absolute atomic E-state index is 0.0405. The van der Waals surface area contributed by atoms with Gasteiger partial charge >= 0.3 is 0 Å². The van der Waals surface area contributed by atoms with Crippen molar-refractivity contribution in [3.8, 4) is 0 Å². The summed E-state index contributed by atoms with van der Waals surface area (Å²) in [6, 6.07) is 6.98. The number of Topliss-reactive ketones (excluding diaryl/α,β-unsaturated/α-hetero) is 1. The van der Waals surface area contributed by atoms with Crippen molar-refractivity contribution in [1.82, 2.24) is 0 Å². The van der Waals surface area contributed by atoms with Crippen LogP contribution in [-0.4, -0.2) is 10.9 Å². The first-order chi connectivity index (χ1) is 7.68. The standard InChI is InChI=1S/C13H13ClO2/c14-10-5-3-4-9(8-10)13(16)11-6-1-2-7-12(11)15/h3-6,8,13,16H,1-2,7H2/t13-/m0/s1. The fourth-order valence-electron chi connectivity index (χ4n) is 1.90. The van der Waals surface area contributed by atoms with Crippen molar-refractivity contribution in [3.63, 3.8) is 0 Å². The Morgan fingerprint density at radius 3 is 2.88 bits per heavy atom. The summed E-state index contributed by atoms with van der Waals surface area (Å²) in [5.41, 5.74) is 1.18. The second-order valence-electron chi connectivity index (χ2n) is 3.93. The molecule has 0 heterocycles. The molecule has 16 heavy (non-hydrogen) atoms. The molecule has 0 unspecified atom stereocenters. The van der Waals surface area contributed by atoms with Crippen molar-refractivity contribution in [2.24, 2.45) is 0 Å². The summed E-state index contributed by atoms with van der Waals surface area (Å²) in [5, 5.41) is 10.7. The fourth-order valence-corrected chi connectivity index (χ4v) is 2.10. The zero-order valence-corrected chi connectivity index (χ0v) is 9.57. The number of aliphatic hydroxyl groups is 1. The van der Waals surface area contributed by atoms with Crippen LogP contribution in [0.2, 0.25) is 5.02 Å². The van der Waals surface area contributed by atoms with E-state index in [4.69, 9.17) is 11.6 Å². The summed E-state index contributed by atoms with van der Waals surface area (Å²) in [5.74, 6) is 0.0405. The molecule has 0 radical (unpaired) electrons. The molecule has 0 amide bonds. The summed E-state index contributed by atoms with van der Waals surface area (Å²) >= 11 is 5.85. The van der Waals surface area contributed by atoms with Gasteiger partial charge < -0.3 is 5.11 Å². The number of halogens is 1. The lowest BCUT2D eigenvalue weighted by atomic mass is 9.91. The number of benzene rings is 1. The smallest absolute Gasteiger partial charge is 0.161 e. The van der Waals surface area contributed by atoms with Gasteiger partial charge in [-0.2, -0.15) is 0 Å². The Hall–Kier alpha value is -1.12. The number of hydrogen-bond donors (Lipinski definition) is 1. The number of aliphatic hydroxyl groups excluding tert-OH is 1. The van der Waals surface area contributed by atoms with E-state index in [0.717, 1.165) is 12.8 Å². The molecule has 0 saturated heterocycles. The Bertz CT molecular complexity index is 437. The van der Waals surface area contributed by atoms with E-state index in [1.807, 2.05) is 6.08 Å². The van der Waals surface area contributed by atoms with E-state index in [1.165, 1.54) is 0 Å². The minimum Gasteiger partial charge on any atom is -0.384 e. The van der Waals surface area contributed by atoms with Crippen LogP contribution in [0, 0.1) is 0 Å². The third kappa shape index (κ3) is 2.34. The van der Waals surface area contributed by atoms with E-state index in [-0.39, 0.29) is 5.78 Å². The number of ketones is 1. The summed E-state index contributed by atoms with van der Waals surface area (Å²) in [7, 11) is 0. The van der Waals surface area contributed by atoms with Crippen LogP contribution < -0.4 is 0 Å². The SMILES string of the molecule is O=C1CCCC=C1[C@@H](O)c1cccc(Cl)c1. The van der Waals surface area contributed by atoms with Crippen LogP contribution in [0.1, 0.15) is 30.9 Å². The molecule has 3 heteroatoms. The van der Waals surface area contributed by atoms with Gasteiger partial charge in [0.1, 0.15) is 6.10 Å². The van der Waals surface area contributed by atoms with Crippen LogP contribution in [-0.2, 0) is 4.79 Å². The highest BCUT2D eigenvalue weighted by Gasteiger charge is 2.22. The number of rotatable bonds is 2. The van der Waals surface area contributed by atoms with Gasteiger partial charge in [0.05, 0.1) is 0 Å². The van der Waals surface area contributed by atoms with Gasteiger partial charge in [-0.1, -0.05) is 29.8 Å². The van der Waals surface area contributed by atoms with Crippen LogP contribution in [0.4, 0.5) is 0 Å². The quantitative estimate of drug-likeness (QED) is 0.857. The molecule has 2 rings (SSSR count). The Labute approximate surface area is 99.5 Å². The van der Waals surface area contributed by atoms with Gasteiger partial charge in [0.2, 0.25) is 0 Å². The van der Waals surface area contributed by atoms with Crippen molar-refractivity contribution in [2.45, 2.75) is 25.4 Å². The third-order valence-corrected chi connectivity index (χ3v) is 2.99. The number of carbonyl (C=O) groups excluding carboxylic acids is 1. The van der Waals surface area contributed by atoms with Crippen molar-refractivity contribution < 1.29 is 9.90 Å². The normalized spacial score (nSPS) is 18.1. The molecule has 0 fully saturated rings. The van der Waals surface area contributed by atoms with Crippen molar-refractivity contribution in [1.29, 1.82) is 0 Å². The van der Waals surface area contributed by atoms with Gasteiger partial charge in [-0.25, -0.2) is 0 Å². The van der Waals surface area contributed by atoms with E-state index < -0.39 is 6.10 Å². The molecule has 1 aliphatic carbocycles. The van der Waals surface area contributed by atoms with E-state index in [9.17, 15) is 9.90 Å². The molecule has 0 aromatic heterocycles. The zero-order valence-electron chi connectivity index (χ0n) is 8.82. The van der Waals surface area contributed by atoms with E-state index in [1.54, 1.807) is 24.3 Å². The lowest BCUT2D eigenvalue weighted by molar-refractivity contribution is -0.117. The Balaban J connectivity index is 2.28. The molecule has 0 bridgehead atoms. The Morgan fingerprint density at radius 1 is 1.38 bits per heavy atom. The van der Waals surface area contributed by atoms with Crippen molar-refractivity contribution >= 4 is 17.4 Å². The topological polar surface area (TPSA) is 37.3 Å². The molecule has 84 valence electrons. The van der Waals surface area contributed by atoms with Crippen LogP contribution in [0.5, 0.6) is 0 Å². The molecule has 0 spiro atoms. The highest BCUT2D eigenvalue weighted by atomic mass is 35.5. The maximum Gasteiger partial charge on any atom is 0.161 e. The maximum atomic E-state index is 11.6. The summed E-state index contributed by atoms with van der Waals surface area (Å²) in [6.07, 6.45) is 3.26. The predicted molar refractivity (Wildman–Crippen MR) is 63.4 cm³/mol. The molecule has 0 saturated carbocycles.